The van der Waals surface area contributed by atoms with Crippen LogP contribution in [0.4, 0.5) is 0 Å². The minimum absolute atomic E-state index is 0.0832. The molecule has 0 bridgehead atoms. The Kier molecular flexibility index (Phi) is 5.43. The highest BCUT2D eigenvalue weighted by atomic mass is 32.1. The molecule has 1 fully saturated rings. The Hall–Kier alpha value is -2.64. The van der Waals surface area contributed by atoms with Gasteiger partial charge in [0.15, 0.2) is 0 Å². The summed E-state index contributed by atoms with van der Waals surface area (Å²) >= 11 is 1.46. The van der Waals surface area contributed by atoms with Crippen molar-refractivity contribution in [3.8, 4) is 5.75 Å². The predicted molar refractivity (Wildman–Crippen MR) is 110 cm³/mol. The molecule has 7 heteroatoms. The van der Waals surface area contributed by atoms with Gasteiger partial charge in [-0.25, -0.2) is 0 Å². The number of aliphatic hydroxyl groups is 1. The van der Waals surface area contributed by atoms with Crippen LogP contribution in [0, 0.1) is 0 Å². The molecule has 29 heavy (non-hydrogen) atoms. The van der Waals surface area contributed by atoms with E-state index in [1.165, 1.54) is 16.2 Å². The number of rotatable bonds is 6. The zero-order valence-corrected chi connectivity index (χ0v) is 17.2. The van der Waals surface area contributed by atoms with E-state index < -0.39 is 17.7 Å². The molecule has 1 saturated heterocycles. The fraction of sp³-hybridized carbons (Fsp3) is 0.364. The summed E-state index contributed by atoms with van der Waals surface area (Å²) in [6, 6.07) is 8.56. The maximum absolute atomic E-state index is 12.9. The molecule has 2 atom stereocenters. The van der Waals surface area contributed by atoms with Crippen molar-refractivity contribution in [3.63, 3.8) is 0 Å². The molecule has 0 spiro atoms. The quantitative estimate of drug-likeness (QED) is 0.339. The maximum Gasteiger partial charge on any atom is 0.295 e. The Labute approximate surface area is 173 Å². The van der Waals surface area contributed by atoms with E-state index in [4.69, 9.17) is 9.47 Å². The highest BCUT2D eigenvalue weighted by molar-refractivity contribution is 7.10. The van der Waals surface area contributed by atoms with E-state index >= 15 is 0 Å². The van der Waals surface area contributed by atoms with E-state index in [-0.39, 0.29) is 17.4 Å². The summed E-state index contributed by atoms with van der Waals surface area (Å²) in [4.78, 5) is 28.0. The number of hydrogen-bond donors (Lipinski definition) is 1. The summed E-state index contributed by atoms with van der Waals surface area (Å²) in [5, 5.41) is 13.0. The van der Waals surface area contributed by atoms with E-state index in [2.05, 4.69) is 0 Å². The van der Waals surface area contributed by atoms with Crippen molar-refractivity contribution in [3.05, 3.63) is 57.3 Å². The Morgan fingerprint density at radius 3 is 2.90 bits per heavy atom. The number of aliphatic hydroxyl groups excluding tert-OH is 1. The molecule has 0 saturated carbocycles. The van der Waals surface area contributed by atoms with Crippen molar-refractivity contribution in [2.75, 3.05) is 20.3 Å². The first kappa shape index (κ1) is 19.7. The van der Waals surface area contributed by atoms with Crippen LogP contribution < -0.4 is 4.74 Å². The number of amides is 1. The Balaban J connectivity index is 1.76. The zero-order chi connectivity index (χ0) is 20.5. The third-order valence-electron chi connectivity index (χ3n) is 5.27. The lowest BCUT2D eigenvalue weighted by molar-refractivity contribution is -0.140. The van der Waals surface area contributed by atoms with Crippen LogP contribution >= 0.6 is 11.3 Å². The van der Waals surface area contributed by atoms with E-state index in [1.54, 1.807) is 13.2 Å². The first-order chi connectivity index (χ1) is 14.0. The van der Waals surface area contributed by atoms with Crippen molar-refractivity contribution < 1.29 is 24.2 Å². The number of likely N-dealkylation sites (tertiary alicyclic amines) is 1. The number of hydrogen-bond acceptors (Lipinski definition) is 6. The standard InChI is InChI=1S/C22H23NO5S/c1-13-11-15-12-14(6-7-16(15)28-13)20(24)18-19(17-5-3-10-29-17)23(8-4-9-27-2)22(26)21(18)25/h3,5-7,10,12-13,19,24H,4,8-9,11H2,1-2H3/t13-,19+/m1/s1. The van der Waals surface area contributed by atoms with Crippen LogP contribution in [-0.4, -0.2) is 48.1 Å². The molecule has 152 valence electrons. The van der Waals surface area contributed by atoms with Gasteiger partial charge in [-0.15, -0.1) is 11.3 Å². The second kappa shape index (κ2) is 8.00. The van der Waals surface area contributed by atoms with Crippen LogP contribution in [0.25, 0.3) is 5.76 Å². The van der Waals surface area contributed by atoms with Crippen molar-refractivity contribution in [1.82, 2.24) is 4.90 Å². The number of thiophene rings is 1. The van der Waals surface area contributed by atoms with Crippen molar-refractivity contribution >= 4 is 28.8 Å². The van der Waals surface area contributed by atoms with Gasteiger partial charge in [0.05, 0.1) is 11.6 Å². The number of carbonyl (C=O) groups excluding carboxylic acids is 2. The number of methoxy groups -OCH3 is 1. The molecular weight excluding hydrogens is 390 g/mol. The topological polar surface area (TPSA) is 76.1 Å². The lowest BCUT2D eigenvalue weighted by Gasteiger charge is -2.24. The first-order valence-corrected chi connectivity index (χ1v) is 10.5. The summed E-state index contributed by atoms with van der Waals surface area (Å²) in [6.07, 6.45) is 1.44. The van der Waals surface area contributed by atoms with Gasteiger partial charge in [0.1, 0.15) is 17.6 Å². The molecule has 0 radical (unpaired) electrons. The summed E-state index contributed by atoms with van der Waals surface area (Å²) in [6.45, 7) is 2.86. The highest BCUT2D eigenvalue weighted by Gasteiger charge is 2.46. The van der Waals surface area contributed by atoms with Crippen LogP contribution in [0.1, 0.15) is 35.4 Å². The van der Waals surface area contributed by atoms with Crippen LogP contribution in [0.2, 0.25) is 0 Å². The molecule has 1 aromatic carbocycles. The Bertz CT molecular complexity index is 966. The number of fused-ring (bicyclic) bond motifs is 1. The van der Waals surface area contributed by atoms with Gasteiger partial charge in [-0.3, -0.25) is 9.59 Å². The monoisotopic (exact) mass is 413 g/mol. The van der Waals surface area contributed by atoms with E-state index in [0.29, 0.717) is 25.1 Å². The lowest BCUT2D eigenvalue weighted by Crippen LogP contribution is -2.31. The third-order valence-corrected chi connectivity index (χ3v) is 6.19. The second-order valence-electron chi connectivity index (χ2n) is 7.31. The van der Waals surface area contributed by atoms with Gasteiger partial charge in [0, 0.05) is 37.1 Å². The van der Waals surface area contributed by atoms with Crippen LogP contribution in [0.5, 0.6) is 5.75 Å². The number of Topliss-reactive ketones (excluding diaryl/α,β-unsaturated/α-hetero) is 1. The Morgan fingerprint density at radius 1 is 1.34 bits per heavy atom. The molecule has 1 aromatic heterocycles. The van der Waals surface area contributed by atoms with Crippen molar-refractivity contribution in [1.29, 1.82) is 0 Å². The predicted octanol–water partition coefficient (Wildman–Crippen LogP) is 3.53. The molecule has 0 unspecified atom stereocenters. The minimum Gasteiger partial charge on any atom is -0.507 e. The summed E-state index contributed by atoms with van der Waals surface area (Å²) in [5.74, 6) is -0.579. The van der Waals surface area contributed by atoms with Gasteiger partial charge in [-0.2, -0.15) is 0 Å². The minimum atomic E-state index is -0.650. The fourth-order valence-corrected chi connectivity index (χ4v) is 4.80. The van der Waals surface area contributed by atoms with E-state index in [1.807, 2.05) is 36.6 Å². The Morgan fingerprint density at radius 2 is 2.17 bits per heavy atom. The van der Waals surface area contributed by atoms with E-state index in [0.717, 1.165) is 22.6 Å². The summed E-state index contributed by atoms with van der Waals surface area (Å²) in [7, 11) is 1.60. The van der Waals surface area contributed by atoms with Gasteiger partial charge in [-0.05, 0) is 48.6 Å². The zero-order valence-electron chi connectivity index (χ0n) is 16.4. The average molecular weight is 413 g/mol. The molecule has 2 aromatic rings. The molecule has 1 amide bonds. The molecule has 2 aliphatic heterocycles. The second-order valence-corrected chi connectivity index (χ2v) is 8.29. The van der Waals surface area contributed by atoms with Crippen LogP contribution in [-0.2, 0) is 20.7 Å². The fourth-order valence-electron chi connectivity index (χ4n) is 3.96. The summed E-state index contributed by atoms with van der Waals surface area (Å²) < 4.78 is 10.8. The number of carbonyl (C=O) groups is 2. The average Bonchev–Trinajstić information content (AvgIpc) is 3.41. The first-order valence-electron chi connectivity index (χ1n) is 9.62. The van der Waals surface area contributed by atoms with Gasteiger partial charge in [0.2, 0.25) is 0 Å². The molecule has 6 nitrogen and oxygen atoms in total. The van der Waals surface area contributed by atoms with Gasteiger partial charge >= 0.3 is 0 Å². The molecular formula is C22H23NO5S. The van der Waals surface area contributed by atoms with Crippen LogP contribution in [0.3, 0.4) is 0 Å². The highest BCUT2D eigenvalue weighted by Crippen LogP contribution is 2.42. The van der Waals surface area contributed by atoms with E-state index in [9.17, 15) is 14.7 Å². The third kappa shape index (κ3) is 3.56. The van der Waals surface area contributed by atoms with Gasteiger partial charge in [0.25, 0.3) is 11.7 Å². The van der Waals surface area contributed by atoms with Crippen molar-refractivity contribution in [2.45, 2.75) is 31.9 Å². The molecule has 3 heterocycles. The largest absolute Gasteiger partial charge is 0.507 e. The number of ether oxygens (including phenoxy) is 2. The normalized spacial score (nSPS) is 22.8. The number of benzene rings is 1. The molecule has 4 rings (SSSR count). The maximum atomic E-state index is 12.9. The molecule has 1 N–H and O–H groups in total. The number of ketones is 1. The van der Waals surface area contributed by atoms with Crippen molar-refractivity contribution in [2.24, 2.45) is 0 Å². The van der Waals surface area contributed by atoms with Gasteiger partial charge in [-0.1, -0.05) is 6.07 Å². The summed E-state index contributed by atoms with van der Waals surface area (Å²) in [5.41, 5.74) is 1.66. The number of nitrogens with zero attached hydrogens (tertiary/aromatic N) is 1. The van der Waals surface area contributed by atoms with Gasteiger partial charge < -0.3 is 19.5 Å². The smallest absolute Gasteiger partial charge is 0.295 e. The molecule has 2 aliphatic rings. The van der Waals surface area contributed by atoms with Crippen LogP contribution in [0.15, 0.2) is 41.3 Å². The SMILES string of the molecule is COCCCN1C(=O)C(=O)C(=C(O)c2ccc3c(c2)C[C@@H](C)O3)[C@@H]1c1cccs1. The lowest BCUT2D eigenvalue weighted by atomic mass is 9.98. The molecule has 0 aliphatic carbocycles.